The Labute approximate surface area is 136 Å². The highest BCUT2D eigenvalue weighted by Gasteiger charge is 2.14. The van der Waals surface area contributed by atoms with E-state index < -0.39 is 0 Å². The molecule has 0 unspecified atom stereocenters. The summed E-state index contributed by atoms with van der Waals surface area (Å²) in [7, 11) is 0. The van der Waals surface area contributed by atoms with Crippen LogP contribution in [0.25, 0.3) is 21.9 Å². The number of hydrogen-bond donors (Lipinski definition) is 0. The lowest BCUT2D eigenvalue weighted by Crippen LogP contribution is -2.05. The zero-order valence-corrected chi connectivity index (χ0v) is 13.9. The molecule has 5 heteroatoms. The molecule has 2 aromatic heterocycles. The van der Waals surface area contributed by atoms with Crippen LogP contribution in [0.4, 0.5) is 0 Å². The zero-order valence-electron chi connectivity index (χ0n) is 13.9. The second-order valence-electron chi connectivity index (χ2n) is 5.36. The van der Waals surface area contributed by atoms with Crippen molar-refractivity contribution >= 4 is 27.6 Å². The molecule has 0 aliphatic heterocycles. The van der Waals surface area contributed by atoms with Gasteiger partial charge in [-0.2, -0.15) is 5.10 Å². The summed E-state index contributed by atoms with van der Waals surface area (Å²) >= 11 is 0. The van der Waals surface area contributed by atoms with Gasteiger partial charge in [-0.25, -0.2) is 9.66 Å². The molecule has 0 radical (unpaired) electrons. The average molecular weight is 310 g/mol. The number of imidazole rings is 1. The predicted octanol–water partition coefficient (Wildman–Crippen LogP) is 4.15. The van der Waals surface area contributed by atoms with Gasteiger partial charge in [-0.05, 0) is 25.8 Å². The van der Waals surface area contributed by atoms with Crippen LogP contribution in [0.3, 0.4) is 0 Å². The van der Waals surface area contributed by atoms with Crippen LogP contribution in [0.1, 0.15) is 39.4 Å². The molecule has 3 aromatic rings. The fraction of sp³-hybridized carbons (Fsp3) is 0.389. The monoisotopic (exact) mass is 310 g/mol. The Bertz CT molecular complexity index is 845. The van der Waals surface area contributed by atoms with Crippen molar-refractivity contribution in [3.63, 3.8) is 0 Å². The van der Waals surface area contributed by atoms with E-state index in [4.69, 9.17) is 14.8 Å². The summed E-state index contributed by atoms with van der Waals surface area (Å²) in [5, 5.41) is 5.92. The Morgan fingerprint density at radius 2 is 1.91 bits per heavy atom. The van der Waals surface area contributed by atoms with Gasteiger partial charge in [0.1, 0.15) is 17.6 Å². The summed E-state index contributed by atoms with van der Waals surface area (Å²) < 4.78 is 7.52. The van der Waals surface area contributed by atoms with E-state index in [-0.39, 0.29) is 0 Å². The second-order valence-corrected chi connectivity index (χ2v) is 5.36. The maximum Gasteiger partial charge on any atom is 0.157 e. The molecule has 0 aliphatic rings. The predicted molar refractivity (Wildman–Crippen MR) is 93.8 cm³/mol. The van der Waals surface area contributed by atoms with Crippen LogP contribution in [0.2, 0.25) is 0 Å². The van der Waals surface area contributed by atoms with Crippen LogP contribution in [-0.2, 0) is 11.3 Å². The number of nitrogens with zero attached hydrogens (tertiary/aromatic N) is 4. The highest BCUT2D eigenvalue weighted by Crippen LogP contribution is 2.25. The van der Waals surface area contributed by atoms with Gasteiger partial charge in [0.15, 0.2) is 5.82 Å². The number of hydrogen-bond acceptors (Lipinski definition) is 4. The van der Waals surface area contributed by atoms with Crippen molar-refractivity contribution in [3.8, 4) is 0 Å². The molecule has 3 rings (SSSR count). The number of pyridine rings is 1. The molecule has 1 aromatic carbocycles. The third-order valence-electron chi connectivity index (χ3n) is 3.93. The van der Waals surface area contributed by atoms with Crippen LogP contribution >= 0.6 is 0 Å². The number of para-hydroxylation sites is 1. The van der Waals surface area contributed by atoms with Gasteiger partial charge in [0.2, 0.25) is 0 Å². The molecule has 0 saturated carbocycles. The molecule has 0 spiro atoms. The Hall–Kier alpha value is -2.27. The molecule has 120 valence electrons. The molecule has 0 bridgehead atoms. The summed E-state index contributed by atoms with van der Waals surface area (Å²) in [6, 6.07) is 8.10. The van der Waals surface area contributed by atoms with Crippen molar-refractivity contribution in [3.05, 3.63) is 36.3 Å². The summed E-state index contributed by atoms with van der Waals surface area (Å²) in [5.41, 5.74) is 3.95. The highest BCUT2D eigenvalue weighted by atomic mass is 16.5. The van der Waals surface area contributed by atoms with E-state index in [1.165, 1.54) is 0 Å². The standard InChI is InChI=1S/C18H22N4O/c1-4-13(5-2)21-22-17(12-23-6-3)20-16-11-19-15-10-8-7-9-14(15)18(16)22/h7-11H,4-6,12H2,1-3H3. The van der Waals surface area contributed by atoms with E-state index in [1.54, 1.807) is 0 Å². The molecule has 0 fully saturated rings. The minimum atomic E-state index is 0.448. The van der Waals surface area contributed by atoms with E-state index in [0.29, 0.717) is 13.2 Å². The first-order valence-corrected chi connectivity index (χ1v) is 8.18. The molecule has 0 saturated heterocycles. The number of rotatable bonds is 6. The lowest BCUT2D eigenvalue weighted by atomic mass is 10.2. The van der Waals surface area contributed by atoms with Gasteiger partial charge in [-0.15, -0.1) is 0 Å². The summed E-state index contributed by atoms with van der Waals surface area (Å²) in [4.78, 5) is 9.19. The first kappa shape index (κ1) is 15.6. The molecule has 2 heterocycles. The van der Waals surface area contributed by atoms with E-state index in [0.717, 1.165) is 46.3 Å². The molecule has 23 heavy (non-hydrogen) atoms. The topological polar surface area (TPSA) is 52.3 Å². The molecule has 0 amide bonds. The van der Waals surface area contributed by atoms with Crippen molar-refractivity contribution in [1.82, 2.24) is 14.6 Å². The average Bonchev–Trinajstić information content (AvgIpc) is 2.95. The maximum atomic E-state index is 5.58. The first-order valence-electron chi connectivity index (χ1n) is 8.18. The molecule has 0 atom stereocenters. The van der Waals surface area contributed by atoms with Crippen molar-refractivity contribution in [2.24, 2.45) is 5.10 Å². The van der Waals surface area contributed by atoms with E-state index in [1.807, 2.05) is 36.0 Å². The summed E-state index contributed by atoms with van der Waals surface area (Å²) in [6.45, 7) is 7.34. The Morgan fingerprint density at radius 3 is 2.65 bits per heavy atom. The van der Waals surface area contributed by atoms with Crippen molar-refractivity contribution in [1.29, 1.82) is 0 Å². The zero-order chi connectivity index (χ0) is 16.2. The molecular weight excluding hydrogens is 288 g/mol. The van der Waals surface area contributed by atoms with Crippen LogP contribution in [0.5, 0.6) is 0 Å². The van der Waals surface area contributed by atoms with Gasteiger partial charge < -0.3 is 4.74 Å². The van der Waals surface area contributed by atoms with Crippen molar-refractivity contribution in [2.75, 3.05) is 6.61 Å². The minimum absolute atomic E-state index is 0.448. The van der Waals surface area contributed by atoms with Crippen LogP contribution in [0, 0.1) is 0 Å². The van der Waals surface area contributed by atoms with Gasteiger partial charge in [0.25, 0.3) is 0 Å². The number of aromatic nitrogens is 3. The first-order chi connectivity index (χ1) is 11.3. The molecule has 0 N–H and O–H groups in total. The fourth-order valence-corrected chi connectivity index (χ4v) is 2.66. The smallest absolute Gasteiger partial charge is 0.157 e. The third-order valence-corrected chi connectivity index (χ3v) is 3.93. The Morgan fingerprint density at radius 1 is 1.13 bits per heavy atom. The van der Waals surface area contributed by atoms with Gasteiger partial charge in [0, 0.05) is 17.7 Å². The quantitative estimate of drug-likeness (QED) is 0.643. The van der Waals surface area contributed by atoms with Crippen molar-refractivity contribution in [2.45, 2.75) is 40.2 Å². The van der Waals surface area contributed by atoms with E-state index >= 15 is 0 Å². The number of fused-ring (bicyclic) bond motifs is 3. The van der Waals surface area contributed by atoms with Gasteiger partial charge >= 0.3 is 0 Å². The highest BCUT2D eigenvalue weighted by molar-refractivity contribution is 6.02. The summed E-state index contributed by atoms with van der Waals surface area (Å²) in [5.74, 6) is 0.819. The van der Waals surface area contributed by atoms with E-state index in [9.17, 15) is 0 Å². The number of ether oxygens (including phenoxy) is 1. The van der Waals surface area contributed by atoms with Crippen LogP contribution < -0.4 is 0 Å². The van der Waals surface area contributed by atoms with Gasteiger partial charge in [-0.3, -0.25) is 4.98 Å². The van der Waals surface area contributed by atoms with Crippen molar-refractivity contribution < 1.29 is 4.74 Å². The third kappa shape index (κ3) is 2.97. The normalized spacial score (nSPS) is 11.3. The van der Waals surface area contributed by atoms with Crippen LogP contribution in [0.15, 0.2) is 35.6 Å². The van der Waals surface area contributed by atoms with Gasteiger partial charge in [0.05, 0.1) is 11.7 Å². The Balaban J connectivity index is 2.30. The SMILES string of the molecule is CCOCc1nc2cnc3ccccc3c2n1N=C(CC)CC. The minimum Gasteiger partial charge on any atom is -0.374 e. The lowest BCUT2D eigenvalue weighted by molar-refractivity contribution is 0.126. The number of benzene rings is 1. The van der Waals surface area contributed by atoms with Gasteiger partial charge in [-0.1, -0.05) is 32.0 Å². The molecule has 5 nitrogen and oxygen atoms in total. The second kappa shape index (κ2) is 6.87. The van der Waals surface area contributed by atoms with E-state index in [2.05, 4.69) is 24.9 Å². The lowest BCUT2D eigenvalue weighted by Gasteiger charge is -2.07. The largest absolute Gasteiger partial charge is 0.374 e. The molecular formula is C18H22N4O. The van der Waals surface area contributed by atoms with Crippen LogP contribution in [-0.4, -0.2) is 27.0 Å². The Kier molecular flexibility index (Phi) is 4.67. The molecule has 0 aliphatic carbocycles. The summed E-state index contributed by atoms with van der Waals surface area (Å²) in [6.07, 6.45) is 3.66. The maximum absolute atomic E-state index is 5.58. The fourth-order valence-electron chi connectivity index (χ4n) is 2.66.